The highest BCUT2D eigenvalue weighted by atomic mass is 35.5. The highest BCUT2D eigenvalue weighted by molar-refractivity contribution is 6.43. The number of nitrogens with zero attached hydrogens (tertiary/aromatic N) is 1. The van der Waals surface area contributed by atoms with Gasteiger partial charge in [-0.05, 0) is 31.0 Å². The number of likely N-dealkylation sites (tertiary alicyclic amines) is 1. The van der Waals surface area contributed by atoms with Crippen LogP contribution in [0.25, 0.3) is 0 Å². The van der Waals surface area contributed by atoms with E-state index in [1.54, 1.807) is 18.2 Å². The maximum atomic E-state index is 12.1. The SMILES string of the molecule is CC1CCN(CC(=O)Nc2cccc(Cl)c2Cl)C1CO. The Morgan fingerprint density at radius 1 is 1.50 bits per heavy atom. The van der Waals surface area contributed by atoms with Crippen LogP contribution in [-0.2, 0) is 4.79 Å². The lowest BCUT2D eigenvalue weighted by atomic mass is 10.0. The van der Waals surface area contributed by atoms with Crippen LogP contribution >= 0.6 is 23.2 Å². The van der Waals surface area contributed by atoms with Crippen LogP contribution in [0.4, 0.5) is 5.69 Å². The Morgan fingerprint density at radius 2 is 2.25 bits per heavy atom. The predicted molar refractivity (Wildman–Crippen MR) is 81.3 cm³/mol. The largest absolute Gasteiger partial charge is 0.395 e. The summed E-state index contributed by atoms with van der Waals surface area (Å²) in [4.78, 5) is 14.1. The van der Waals surface area contributed by atoms with E-state index >= 15 is 0 Å². The Morgan fingerprint density at radius 3 is 2.95 bits per heavy atom. The molecule has 2 atom stereocenters. The quantitative estimate of drug-likeness (QED) is 0.897. The summed E-state index contributed by atoms with van der Waals surface area (Å²) in [6.07, 6.45) is 0.996. The molecular formula is C14H18Cl2N2O2. The van der Waals surface area contributed by atoms with Crippen molar-refractivity contribution in [3.8, 4) is 0 Å². The summed E-state index contributed by atoms with van der Waals surface area (Å²) in [6, 6.07) is 5.17. The number of hydrogen-bond donors (Lipinski definition) is 2. The van der Waals surface area contributed by atoms with Crippen LogP contribution in [0.2, 0.25) is 10.0 Å². The predicted octanol–water partition coefficient (Wildman–Crippen LogP) is 2.63. The van der Waals surface area contributed by atoms with Gasteiger partial charge in [0.2, 0.25) is 5.91 Å². The second-order valence-electron chi connectivity index (χ2n) is 5.14. The van der Waals surface area contributed by atoms with Crippen LogP contribution in [-0.4, -0.2) is 41.7 Å². The van der Waals surface area contributed by atoms with E-state index in [0.29, 0.717) is 21.7 Å². The van der Waals surface area contributed by atoms with Gasteiger partial charge in [-0.25, -0.2) is 0 Å². The van der Waals surface area contributed by atoms with Gasteiger partial charge in [0.25, 0.3) is 0 Å². The number of anilines is 1. The van der Waals surface area contributed by atoms with Crippen molar-refractivity contribution in [3.05, 3.63) is 28.2 Å². The van der Waals surface area contributed by atoms with Gasteiger partial charge in [0, 0.05) is 6.04 Å². The van der Waals surface area contributed by atoms with Crippen molar-refractivity contribution >= 4 is 34.8 Å². The molecule has 1 saturated heterocycles. The van der Waals surface area contributed by atoms with Crippen molar-refractivity contribution in [2.75, 3.05) is 25.0 Å². The zero-order valence-corrected chi connectivity index (χ0v) is 12.8. The maximum absolute atomic E-state index is 12.1. The molecule has 1 amide bonds. The summed E-state index contributed by atoms with van der Waals surface area (Å²) in [7, 11) is 0. The van der Waals surface area contributed by atoms with Gasteiger partial charge >= 0.3 is 0 Å². The molecule has 6 heteroatoms. The van der Waals surface area contributed by atoms with E-state index in [0.717, 1.165) is 13.0 Å². The topological polar surface area (TPSA) is 52.6 Å². The Bertz CT molecular complexity index is 496. The Hall–Kier alpha value is -0.810. The molecule has 1 heterocycles. The third-order valence-electron chi connectivity index (χ3n) is 3.76. The lowest BCUT2D eigenvalue weighted by molar-refractivity contribution is -0.117. The van der Waals surface area contributed by atoms with E-state index in [1.807, 2.05) is 4.90 Å². The van der Waals surface area contributed by atoms with Crippen molar-refractivity contribution in [1.82, 2.24) is 4.90 Å². The Kier molecular flexibility index (Phi) is 5.27. The fraction of sp³-hybridized carbons (Fsp3) is 0.500. The number of benzene rings is 1. The molecule has 4 nitrogen and oxygen atoms in total. The van der Waals surface area contributed by atoms with E-state index in [2.05, 4.69) is 12.2 Å². The third kappa shape index (κ3) is 3.44. The minimum atomic E-state index is -0.151. The molecule has 2 N–H and O–H groups in total. The molecule has 110 valence electrons. The van der Waals surface area contributed by atoms with Gasteiger partial charge in [-0.15, -0.1) is 0 Å². The lowest BCUT2D eigenvalue weighted by Crippen LogP contribution is -2.40. The van der Waals surface area contributed by atoms with Crippen LogP contribution in [0, 0.1) is 5.92 Å². The monoisotopic (exact) mass is 316 g/mol. The summed E-state index contributed by atoms with van der Waals surface area (Å²) in [5.74, 6) is 0.254. The number of nitrogens with one attached hydrogen (secondary N) is 1. The summed E-state index contributed by atoms with van der Waals surface area (Å²) in [5.41, 5.74) is 0.511. The third-order valence-corrected chi connectivity index (χ3v) is 4.58. The molecule has 0 spiro atoms. The maximum Gasteiger partial charge on any atom is 0.238 e. The van der Waals surface area contributed by atoms with Crippen molar-refractivity contribution in [2.45, 2.75) is 19.4 Å². The minimum absolute atomic E-state index is 0.0515. The molecule has 20 heavy (non-hydrogen) atoms. The van der Waals surface area contributed by atoms with Crippen molar-refractivity contribution in [1.29, 1.82) is 0 Å². The molecule has 1 aliphatic rings. The van der Waals surface area contributed by atoms with E-state index in [1.165, 1.54) is 0 Å². The van der Waals surface area contributed by atoms with E-state index in [4.69, 9.17) is 23.2 Å². The lowest BCUT2D eigenvalue weighted by Gasteiger charge is -2.24. The first-order chi connectivity index (χ1) is 9.52. The van der Waals surface area contributed by atoms with E-state index < -0.39 is 0 Å². The van der Waals surface area contributed by atoms with Crippen LogP contribution in [0.3, 0.4) is 0 Å². The van der Waals surface area contributed by atoms with E-state index in [9.17, 15) is 9.90 Å². The first-order valence-corrected chi connectivity index (χ1v) is 7.37. The second kappa shape index (κ2) is 6.76. The van der Waals surface area contributed by atoms with Crippen molar-refractivity contribution < 1.29 is 9.90 Å². The number of aliphatic hydroxyl groups is 1. The molecule has 2 unspecified atom stereocenters. The average molecular weight is 317 g/mol. The van der Waals surface area contributed by atoms with Crippen LogP contribution in [0.5, 0.6) is 0 Å². The smallest absolute Gasteiger partial charge is 0.238 e. The van der Waals surface area contributed by atoms with Crippen LogP contribution < -0.4 is 5.32 Å². The van der Waals surface area contributed by atoms with Gasteiger partial charge in [-0.3, -0.25) is 9.69 Å². The van der Waals surface area contributed by atoms with Crippen LogP contribution in [0.15, 0.2) is 18.2 Å². The van der Waals surface area contributed by atoms with Gasteiger partial charge < -0.3 is 10.4 Å². The fourth-order valence-corrected chi connectivity index (χ4v) is 2.90. The molecule has 0 saturated carbocycles. The zero-order chi connectivity index (χ0) is 14.7. The van der Waals surface area contributed by atoms with Gasteiger partial charge in [0.15, 0.2) is 0 Å². The fourth-order valence-electron chi connectivity index (χ4n) is 2.55. The summed E-state index contributed by atoms with van der Waals surface area (Å²) in [5, 5.41) is 12.9. The molecule has 1 fully saturated rings. The number of aliphatic hydroxyl groups excluding tert-OH is 1. The minimum Gasteiger partial charge on any atom is -0.395 e. The second-order valence-corrected chi connectivity index (χ2v) is 5.92. The standard InChI is InChI=1S/C14H18Cl2N2O2/c1-9-5-6-18(12(9)8-19)7-13(20)17-11-4-2-3-10(15)14(11)16/h2-4,9,12,19H,5-8H2,1H3,(H,17,20). The number of carbonyl (C=O) groups is 1. The summed E-state index contributed by atoms with van der Waals surface area (Å²) >= 11 is 11.9. The molecule has 0 aliphatic carbocycles. The molecule has 1 aromatic rings. The molecule has 0 aromatic heterocycles. The Balaban J connectivity index is 1.97. The molecule has 1 aliphatic heterocycles. The molecule has 1 aromatic carbocycles. The Labute approximate surface area is 128 Å². The normalized spacial score (nSPS) is 23.0. The average Bonchev–Trinajstić information content (AvgIpc) is 2.75. The molecular weight excluding hydrogens is 299 g/mol. The molecule has 0 bridgehead atoms. The highest BCUT2D eigenvalue weighted by Crippen LogP contribution is 2.29. The first kappa shape index (κ1) is 15.6. The van der Waals surface area contributed by atoms with Gasteiger partial charge in [-0.1, -0.05) is 36.2 Å². The van der Waals surface area contributed by atoms with Crippen molar-refractivity contribution in [2.24, 2.45) is 5.92 Å². The van der Waals surface area contributed by atoms with Crippen molar-refractivity contribution in [3.63, 3.8) is 0 Å². The first-order valence-electron chi connectivity index (χ1n) is 6.61. The van der Waals surface area contributed by atoms with Gasteiger partial charge in [0.1, 0.15) is 0 Å². The number of rotatable bonds is 4. The van der Waals surface area contributed by atoms with E-state index in [-0.39, 0.29) is 25.1 Å². The zero-order valence-electron chi connectivity index (χ0n) is 11.3. The highest BCUT2D eigenvalue weighted by Gasteiger charge is 2.31. The summed E-state index contributed by atoms with van der Waals surface area (Å²) < 4.78 is 0. The summed E-state index contributed by atoms with van der Waals surface area (Å²) in [6.45, 7) is 3.24. The number of halogens is 2. The number of carbonyl (C=O) groups excluding carboxylic acids is 1. The van der Waals surface area contributed by atoms with Gasteiger partial charge in [-0.2, -0.15) is 0 Å². The molecule has 2 rings (SSSR count). The van der Waals surface area contributed by atoms with Crippen LogP contribution in [0.1, 0.15) is 13.3 Å². The number of hydrogen-bond acceptors (Lipinski definition) is 3. The van der Waals surface area contributed by atoms with Gasteiger partial charge in [0.05, 0.1) is 28.9 Å². The number of amides is 1. The molecule has 0 radical (unpaired) electrons.